The number of carbonyl (C=O) groups excluding carboxylic acids is 1. The van der Waals surface area contributed by atoms with Crippen molar-refractivity contribution in [2.75, 3.05) is 13.1 Å². The van der Waals surface area contributed by atoms with Gasteiger partial charge in [-0.1, -0.05) is 30.3 Å². The first kappa shape index (κ1) is 15.6. The second kappa shape index (κ2) is 7.29. The Balaban J connectivity index is 1.57. The number of ether oxygens (including phenoxy) is 1. The van der Waals surface area contributed by atoms with Gasteiger partial charge in [-0.3, -0.25) is 4.79 Å². The Morgan fingerprint density at radius 2 is 1.70 bits per heavy atom. The Labute approximate surface area is 136 Å². The maximum Gasteiger partial charge on any atom is 0.253 e. The summed E-state index contributed by atoms with van der Waals surface area (Å²) in [6.45, 7) is 2.01. The molecule has 2 aromatic carbocycles. The third-order valence-electron chi connectivity index (χ3n) is 4.18. The minimum Gasteiger partial charge on any atom is -0.489 e. The highest BCUT2D eigenvalue weighted by molar-refractivity contribution is 5.94. The molecule has 0 radical (unpaired) electrons. The van der Waals surface area contributed by atoms with Crippen molar-refractivity contribution in [3.63, 3.8) is 0 Å². The molecule has 0 unspecified atom stereocenters. The molecule has 0 bridgehead atoms. The van der Waals surface area contributed by atoms with Gasteiger partial charge in [0.1, 0.15) is 12.4 Å². The largest absolute Gasteiger partial charge is 0.489 e. The second-order valence-electron chi connectivity index (χ2n) is 5.93. The molecule has 1 amide bonds. The first-order valence-corrected chi connectivity index (χ1v) is 8.04. The maximum absolute atomic E-state index is 12.4. The number of hydrogen-bond acceptors (Lipinski definition) is 3. The number of nitrogens with zero attached hydrogens (tertiary/aromatic N) is 1. The Morgan fingerprint density at radius 1 is 1.04 bits per heavy atom. The Morgan fingerprint density at radius 3 is 2.35 bits per heavy atom. The fourth-order valence-electron chi connectivity index (χ4n) is 2.72. The third kappa shape index (κ3) is 4.11. The van der Waals surface area contributed by atoms with Crippen molar-refractivity contribution < 1.29 is 9.53 Å². The summed E-state index contributed by atoms with van der Waals surface area (Å²) in [5, 5.41) is 0. The van der Waals surface area contributed by atoms with Crippen molar-refractivity contribution in [2.24, 2.45) is 5.73 Å². The normalized spacial score (nSPS) is 15.4. The highest BCUT2D eigenvalue weighted by Crippen LogP contribution is 2.17. The molecule has 1 heterocycles. The van der Waals surface area contributed by atoms with Gasteiger partial charge in [0.25, 0.3) is 5.91 Å². The fraction of sp³-hybridized carbons (Fsp3) is 0.316. The molecule has 0 aromatic heterocycles. The average molecular weight is 310 g/mol. The minimum absolute atomic E-state index is 0.0755. The summed E-state index contributed by atoms with van der Waals surface area (Å²) in [6, 6.07) is 17.6. The van der Waals surface area contributed by atoms with Crippen LogP contribution in [0.1, 0.15) is 28.8 Å². The lowest BCUT2D eigenvalue weighted by molar-refractivity contribution is 0.0714. The predicted octanol–water partition coefficient (Wildman–Crippen LogP) is 2.83. The van der Waals surface area contributed by atoms with E-state index in [1.165, 1.54) is 0 Å². The Kier molecular flexibility index (Phi) is 4.93. The van der Waals surface area contributed by atoms with E-state index in [1.807, 2.05) is 59.5 Å². The molecule has 2 aromatic rings. The zero-order chi connectivity index (χ0) is 16.1. The van der Waals surface area contributed by atoms with E-state index >= 15 is 0 Å². The van der Waals surface area contributed by atoms with Crippen molar-refractivity contribution in [1.29, 1.82) is 0 Å². The quantitative estimate of drug-likeness (QED) is 0.945. The number of likely N-dealkylation sites (tertiary alicyclic amines) is 1. The van der Waals surface area contributed by atoms with E-state index in [0.29, 0.717) is 12.2 Å². The number of carbonyl (C=O) groups is 1. The molecule has 1 aliphatic rings. The van der Waals surface area contributed by atoms with Crippen molar-refractivity contribution >= 4 is 5.91 Å². The van der Waals surface area contributed by atoms with Gasteiger partial charge < -0.3 is 15.4 Å². The van der Waals surface area contributed by atoms with Gasteiger partial charge in [0, 0.05) is 24.7 Å². The molecule has 0 saturated carbocycles. The Bertz CT molecular complexity index is 632. The molecule has 23 heavy (non-hydrogen) atoms. The lowest BCUT2D eigenvalue weighted by Crippen LogP contribution is -2.42. The van der Waals surface area contributed by atoms with Crippen molar-refractivity contribution in [1.82, 2.24) is 4.90 Å². The van der Waals surface area contributed by atoms with Gasteiger partial charge in [-0.05, 0) is 42.7 Å². The summed E-state index contributed by atoms with van der Waals surface area (Å²) in [5.41, 5.74) is 7.71. The summed E-state index contributed by atoms with van der Waals surface area (Å²) in [4.78, 5) is 14.3. The molecule has 0 spiro atoms. The lowest BCUT2D eigenvalue weighted by Gasteiger charge is -2.30. The molecule has 2 N–H and O–H groups in total. The van der Waals surface area contributed by atoms with Gasteiger partial charge in [0.15, 0.2) is 0 Å². The number of benzene rings is 2. The number of hydrogen-bond donors (Lipinski definition) is 1. The highest BCUT2D eigenvalue weighted by atomic mass is 16.5. The monoisotopic (exact) mass is 310 g/mol. The highest BCUT2D eigenvalue weighted by Gasteiger charge is 2.21. The van der Waals surface area contributed by atoms with Gasteiger partial charge in [-0.2, -0.15) is 0 Å². The molecule has 4 nitrogen and oxygen atoms in total. The first-order valence-electron chi connectivity index (χ1n) is 8.04. The predicted molar refractivity (Wildman–Crippen MR) is 90.3 cm³/mol. The molecule has 120 valence electrons. The van der Waals surface area contributed by atoms with Crippen LogP contribution >= 0.6 is 0 Å². The number of amides is 1. The van der Waals surface area contributed by atoms with E-state index in [1.54, 1.807) is 0 Å². The first-order chi connectivity index (χ1) is 11.2. The molecule has 4 heteroatoms. The molecule has 3 rings (SSSR count). The van der Waals surface area contributed by atoms with E-state index in [4.69, 9.17) is 10.5 Å². The van der Waals surface area contributed by atoms with Crippen LogP contribution in [0.2, 0.25) is 0 Å². The van der Waals surface area contributed by atoms with Gasteiger partial charge in [0.05, 0.1) is 0 Å². The summed E-state index contributed by atoms with van der Waals surface area (Å²) in [7, 11) is 0. The smallest absolute Gasteiger partial charge is 0.253 e. The van der Waals surface area contributed by atoms with Crippen molar-refractivity contribution in [3.8, 4) is 5.75 Å². The van der Waals surface area contributed by atoms with Crippen LogP contribution in [-0.2, 0) is 6.61 Å². The van der Waals surface area contributed by atoms with Crippen LogP contribution in [0.5, 0.6) is 5.75 Å². The van der Waals surface area contributed by atoms with Crippen LogP contribution in [0.3, 0.4) is 0 Å². The van der Waals surface area contributed by atoms with Crippen LogP contribution in [-0.4, -0.2) is 29.9 Å². The summed E-state index contributed by atoms with van der Waals surface area (Å²) in [6.07, 6.45) is 1.76. The molecule has 1 fully saturated rings. The van der Waals surface area contributed by atoms with Crippen LogP contribution in [0.15, 0.2) is 54.6 Å². The molecular formula is C19H22N2O2. The third-order valence-corrected chi connectivity index (χ3v) is 4.18. The van der Waals surface area contributed by atoms with Crippen LogP contribution < -0.4 is 10.5 Å². The van der Waals surface area contributed by atoms with E-state index in [0.717, 1.165) is 37.2 Å². The van der Waals surface area contributed by atoms with Gasteiger partial charge in [-0.15, -0.1) is 0 Å². The minimum atomic E-state index is 0.0755. The van der Waals surface area contributed by atoms with Crippen LogP contribution in [0.4, 0.5) is 0 Å². The summed E-state index contributed by atoms with van der Waals surface area (Å²) < 4.78 is 5.74. The molecule has 1 saturated heterocycles. The van der Waals surface area contributed by atoms with Crippen LogP contribution in [0.25, 0.3) is 0 Å². The summed E-state index contributed by atoms with van der Waals surface area (Å²) in [5.74, 6) is 0.845. The number of rotatable bonds is 4. The molecular weight excluding hydrogens is 288 g/mol. The topological polar surface area (TPSA) is 55.6 Å². The fourth-order valence-corrected chi connectivity index (χ4v) is 2.72. The van der Waals surface area contributed by atoms with Gasteiger partial charge in [0.2, 0.25) is 0 Å². The second-order valence-corrected chi connectivity index (χ2v) is 5.93. The zero-order valence-electron chi connectivity index (χ0n) is 13.2. The number of nitrogens with two attached hydrogens (primary N) is 1. The summed E-state index contributed by atoms with van der Waals surface area (Å²) >= 11 is 0. The lowest BCUT2D eigenvalue weighted by atomic mass is 10.0. The number of piperidine rings is 1. The zero-order valence-corrected chi connectivity index (χ0v) is 13.2. The van der Waals surface area contributed by atoms with Gasteiger partial charge >= 0.3 is 0 Å². The van der Waals surface area contributed by atoms with E-state index < -0.39 is 0 Å². The van der Waals surface area contributed by atoms with E-state index in [-0.39, 0.29) is 11.9 Å². The van der Waals surface area contributed by atoms with Crippen molar-refractivity contribution in [3.05, 3.63) is 65.7 Å². The molecule has 1 aliphatic heterocycles. The average Bonchev–Trinajstić information content (AvgIpc) is 2.61. The standard InChI is InChI=1S/C19H22N2O2/c20-17-10-12-21(13-11-17)19(22)16-6-8-18(9-7-16)23-14-15-4-2-1-3-5-15/h1-9,17H,10-14,20H2. The maximum atomic E-state index is 12.4. The molecule has 0 atom stereocenters. The van der Waals surface area contributed by atoms with Gasteiger partial charge in [-0.25, -0.2) is 0 Å². The molecule has 0 aliphatic carbocycles. The van der Waals surface area contributed by atoms with E-state index in [2.05, 4.69) is 0 Å². The SMILES string of the molecule is NC1CCN(C(=O)c2ccc(OCc3ccccc3)cc2)CC1. The van der Waals surface area contributed by atoms with E-state index in [9.17, 15) is 4.79 Å². The van der Waals surface area contributed by atoms with Crippen LogP contribution in [0, 0.1) is 0 Å². The van der Waals surface area contributed by atoms with Crippen molar-refractivity contribution in [2.45, 2.75) is 25.5 Å². The Hall–Kier alpha value is -2.33.